The van der Waals surface area contributed by atoms with Crippen molar-refractivity contribution in [2.75, 3.05) is 25.7 Å². The topological polar surface area (TPSA) is 34.6 Å². The van der Waals surface area contributed by atoms with E-state index in [1.54, 1.807) is 14.2 Å². The van der Waals surface area contributed by atoms with Gasteiger partial charge in [-0.25, -0.2) is 4.98 Å². The van der Waals surface area contributed by atoms with E-state index >= 15 is 0 Å². The Morgan fingerprint density at radius 1 is 1.05 bits per heavy atom. The Morgan fingerprint density at radius 2 is 1.76 bits per heavy atom. The lowest BCUT2D eigenvalue weighted by atomic mass is 9.99. The molecule has 1 aliphatic heterocycles. The van der Waals surface area contributed by atoms with Gasteiger partial charge in [0.2, 0.25) is 0 Å². The Morgan fingerprint density at radius 3 is 2.38 bits per heavy atom. The fraction of sp³-hybridized carbons (Fsp3) is 0.353. The summed E-state index contributed by atoms with van der Waals surface area (Å²) in [5, 5.41) is 0. The minimum Gasteiger partial charge on any atom is -0.493 e. The van der Waals surface area contributed by atoms with Crippen LogP contribution in [0, 0.1) is 6.92 Å². The number of methoxy groups -OCH3 is 2. The summed E-state index contributed by atoms with van der Waals surface area (Å²) in [7, 11) is 3.35. The largest absolute Gasteiger partial charge is 0.493 e. The van der Waals surface area contributed by atoms with Crippen LogP contribution in [0.1, 0.15) is 16.7 Å². The van der Waals surface area contributed by atoms with Crippen molar-refractivity contribution < 1.29 is 9.47 Å². The van der Waals surface area contributed by atoms with Crippen molar-refractivity contribution in [3.8, 4) is 11.5 Å². The van der Waals surface area contributed by atoms with Crippen molar-refractivity contribution in [1.29, 1.82) is 0 Å². The van der Waals surface area contributed by atoms with E-state index in [-0.39, 0.29) is 0 Å². The Bertz CT molecular complexity index is 638. The number of rotatable bonds is 3. The van der Waals surface area contributed by atoms with Gasteiger partial charge in [-0.1, -0.05) is 6.07 Å². The summed E-state index contributed by atoms with van der Waals surface area (Å²) < 4.78 is 10.8. The molecule has 2 aromatic rings. The zero-order valence-corrected chi connectivity index (χ0v) is 12.7. The van der Waals surface area contributed by atoms with Gasteiger partial charge >= 0.3 is 0 Å². The molecule has 0 saturated heterocycles. The first-order chi connectivity index (χ1) is 10.2. The number of hydrogen-bond acceptors (Lipinski definition) is 4. The first-order valence-electron chi connectivity index (χ1n) is 7.12. The van der Waals surface area contributed by atoms with Crippen LogP contribution < -0.4 is 14.4 Å². The predicted octanol–water partition coefficient (Wildman–Crippen LogP) is 2.97. The lowest BCUT2D eigenvalue weighted by Gasteiger charge is -2.30. The molecule has 0 bridgehead atoms. The fourth-order valence-corrected chi connectivity index (χ4v) is 2.73. The fourth-order valence-electron chi connectivity index (χ4n) is 2.73. The smallest absolute Gasteiger partial charge is 0.161 e. The molecule has 0 atom stereocenters. The van der Waals surface area contributed by atoms with Gasteiger partial charge in [0.15, 0.2) is 11.5 Å². The van der Waals surface area contributed by atoms with Crippen molar-refractivity contribution >= 4 is 5.82 Å². The minimum atomic E-state index is 0.787. The van der Waals surface area contributed by atoms with Crippen LogP contribution in [0.15, 0.2) is 30.5 Å². The van der Waals surface area contributed by atoms with Crippen LogP contribution in [0.3, 0.4) is 0 Å². The molecule has 0 spiro atoms. The highest BCUT2D eigenvalue weighted by Crippen LogP contribution is 2.34. The lowest BCUT2D eigenvalue weighted by Crippen LogP contribution is -2.31. The summed E-state index contributed by atoms with van der Waals surface area (Å²) in [5.41, 5.74) is 3.79. The molecule has 0 saturated carbocycles. The van der Waals surface area contributed by atoms with Crippen molar-refractivity contribution in [1.82, 2.24) is 4.98 Å². The second-order valence-electron chi connectivity index (χ2n) is 5.34. The molecule has 0 radical (unpaired) electrons. The van der Waals surface area contributed by atoms with E-state index in [1.165, 1.54) is 16.7 Å². The SMILES string of the molecule is COc1cc2c(cc1OC)CN(c1ccc(C)cn1)CC2. The Kier molecular flexibility index (Phi) is 3.69. The number of fused-ring (bicyclic) bond motifs is 1. The number of benzene rings is 1. The molecule has 4 nitrogen and oxygen atoms in total. The summed E-state index contributed by atoms with van der Waals surface area (Å²) in [6.07, 6.45) is 2.91. The summed E-state index contributed by atoms with van der Waals surface area (Å²) in [5.74, 6) is 2.62. The number of hydrogen-bond donors (Lipinski definition) is 0. The van der Waals surface area contributed by atoms with E-state index < -0.39 is 0 Å². The van der Waals surface area contributed by atoms with Crippen molar-refractivity contribution in [2.24, 2.45) is 0 Å². The highest BCUT2D eigenvalue weighted by molar-refractivity contribution is 5.51. The Labute approximate surface area is 125 Å². The number of aromatic nitrogens is 1. The molecule has 2 heterocycles. The maximum absolute atomic E-state index is 5.40. The highest BCUT2D eigenvalue weighted by atomic mass is 16.5. The van der Waals surface area contributed by atoms with Gasteiger partial charge in [-0.05, 0) is 48.2 Å². The van der Waals surface area contributed by atoms with E-state index in [0.29, 0.717) is 0 Å². The Hall–Kier alpha value is -2.23. The first kappa shape index (κ1) is 13.7. The van der Waals surface area contributed by atoms with Gasteiger partial charge in [0.05, 0.1) is 14.2 Å². The van der Waals surface area contributed by atoms with Crippen LogP contribution in [0.5, 0.6) is 11.5 Å². The molecule has 0 N–H and O–H groups in total. The van der Waals surface area contributed by atoms with Crippen LogP contribution in [-0.4, -0.2) is 25.7 Å². The maximum Gasteiger partial charge on any atom is 0.161 e. The number of anilines is 1. The average molecular weight is 284 g/mol. The van der Waals surface area contributed by atoms with E-state index in [4.69, 9.17) is 9.47 Å². The maximum atomic E-state index is 5.40. The summed E-state index contributed by atoms with van der Waals surface area (Å²) in [6.45, 7) is 3.88. The van der Waals surface area contributed by atoms with Gasteiger partial charge in [-0.2, -0.15) is 0 Å². The van der Waals surface area contributed by atoms with Crippen molar-refractivity contribution in [3.63, 3.8) is 0 Å². The number of pyridine rings is 1. The van der Waals surface area contributed by atoms with E-state index in [2.05, 4.69) is 41.1 Å². The Balaban J connectivity index is 1.89. The number of nitrogens with zero attached hydrogens (tertiary/aromatic N) is 2. The van der Waals surface area contributed by atoms with E-state index in [0.717, 1.165) is 36.8 Å². The molecule has 1 aliphatic rings. The second kappa shape index (κ2) is 5.64. The van der Waals surface area contributed by atoms with Gasteiger partial charge in [-0.15, -0.1) is 0 Å². The zero-order valence-electron chi connectivity index (χ0n) is 12.7. The van der Waals surface area contributed by atoms with E-state index in [1.807, 2.05) is 6.20 Å². The van der Waals surface area contributed by atoms with Gasteiger partial charge in [0.1, 0.15) is 5.82 Å². The van der Waals surface area contributed by atoms with Gasteiger partial charge in [-0.3, -0.25) is 0 Å². The molecule has 1 aromatic carbocycles. The van der Waals surface area contributed by atoms with Crippen molar-refractivity contribution in [2.45, 2.75) is 19.9 Å². The third kappa shape index (κ3) is 2.66. The molecule has 1 aromatic heterocycles. The third-order valence-electron chi connectivity index (χ3n) is 3.94. The standard InChI is InChI=1S/C17H20N2O2/c1-12-4-5-17(18-10-12)19-7-6-13-8-15(20-2)16(21-3)9-14(13)11-19/h4-5,8-10H,6-7,11H2,1-3H3. The molecular formula is C17H20N2O2. The minimum absolute atomic E-state index is 0.787. The van der Waals surface area contributed by atoms with Gasteiger partial charge < -0.3 is 14.4 Å². The average Bonchev–Trinajstić information content (AvgIpc) is 2.53. The molecule has 0 aliphatic carbocycles. The van der Waals surface area contributed by atoms with Crippen LogP contribution >= 0.6 is 0 Å². The predicted molar refractivity (Wildman–Crippen MR) is 83.3 cm³/mol. The zero-order chi connectivity index (χ0) is 14.8. The van der Waals surface area contributed by atoms with Crippen LogP contribution in [0.25, 0.3) is 0 Å². The number of ether oxygens (including phenoxy) is 2. The van der Waals surface area contributed by atoms with Crippen LogP contribution in [0.4, 0.5) is 5.82 Å². The van der Waals surface area contributed by atoms with Gasteiger partial charge in [0, 0.05) is 19.3 Å². The van der Waals surface area contributed by atoms with E-state index in [9.17, 15) is 0 Å². The molecule has 4 heteroatoms. The van der Waals surface area contributed by atoms with Crippen LogP contribution in [0.2, 0.25) is 0 Å². The molecule has 110 valence electrons. The third-order valence-corrected chi connectivity index (χ3v) is 3.94. The van der Waals surface area contributed by atoms with Gasteiger partial charge in [0.25, 0.3) is 0 Å². The molecule has 21 heavy (non-hydrogen) atoms. The highest BCUT2D eigenvalue weighted by Gasteiger charge is 2.20. The molecular weight excluding hydrogens is 264 g/mol. The molecule has 3 rings (SSSR count). The molecule has 0 unspecified atom stereocenters. The molecule has 0 fully saturated rings. The summed E-state index contributed by atoms with van der Waals surface area (Å²) in [4.78, 5) is 6.82. The normalized spacial score (nSPS) is 13.8. The number of aryl methyl sites for hydroxylation is 1. The second-order valence-corrected chi connectivity index (χ2v) is 5.34. The van der Waals surface area contributed by atoms with Crippen molar-refractivity contribution in [3.05, 3.63) is 47.2 Å². The summed E-state index contributed by atoms with van der Waals surface area (Å²) in [6, 6.07) is 8.36. The molecule has 0 amide bonds. The first-order valence-corrected chi connectivity index (χ1v) is 7.12. The lowest BCUT2D eigenvalue weighted by molar-refractivity contribution is 0.353. The monoisotopic (exact) mass is 284 g/mol. The quantitative estimate of drug-likeness (QED) is 0.868. The van der Waals surface area contributed by atoms with Crippen LogP contribution in [-0.2, 0) is 13.0 Å². The summed E-state index contributed by atoms with van der Waals surface area (Å²) >= 11 is 0.